The predicted molar refractivity (Wildman–Crippen MR) is 80.4 cm³/mol. The average molecular weight is 283 g/mol. The van der Waals surface area contributed by atoms with E-state index in [0.29, 0.717) is 13.0 Å². The highest BCUT2D eigenvalue weighted by Gasteiger charge is 2.25. The number of aliphatic hydroxyl groups is 1. The Morgan fingerprint density at radius 1 is 1.42 bits per heavy atom. The zero-order valence-corrected chi connectivity index (χ0v) is 12.8. The number of hydrogen-bond acceptors (Lipinski definition) is 3. The number of rotatable bonds is 9. The van der Waals surface area contributed by atoms with Crippen molar-refractivity contribution >= 4 is 17.2 Å². The molecule has 1 aromatic heterocycles. The van der Waals surface area contributed by atoms with Gasteiger partial charge in [0.15, 0.2) is 0 Å². The normalized spacial score (nSPS) is 11.5. The predicted octanol–water partition coefficient (Wildman–Crippen LogP) is 2.99. The number of thiophene rings is 1. The maximum atomic E-state index is 11.8. The van der Waals surface area contributed by atoms with E-state index in [0.717, 1.165) is 25.7 Å². The molecule has 0 unspecified atom stereocenters. The second kappa shape index (κ2) is 8.33. The molecule has 0 aliphatic carbocycles. The largest absolute Gasteiger partial charge is 0.396 e. The summed E-state index contributed by atoms with van der Waals surface area (Å²) in [5.74, 6) is 0.0938. The summed E-state index contributed by atoms with van der Waals surface area (Å²) in [6.07, 6.45) is 4.19. The van der Waals surface area contributed by atoms with Crippen LogP contribution in [0.1, 0.15) is 44.4 Å². The lowest BCUT2D eigenvalue weighted by atomic mass is 9.83. The van der Waals surface area contributed by atoms with Gasteiger partial charge in [0.1, 0.15) is 0 Å². The van der Waals surface area contributed by atoms with Crippen LogP contribution in [0.15, 0.2) is 17.5 Å². The molecule has 3 nitrogen and oxygen atoms in total. The molecule has 1 rings (SSSR count). The Hall–Kier alpha value is -0.870. The van der Waals surface area contributed by atoms with E-state index in [1.807, 2.05) is 6.07 Å². The van der Waals surface area contributed by atoms with Gasteiger partial charge in [0, 0.05) is 23.3 Å². The summed E-state index contributed by atoms with van der Waals surface area (Å²) in [7, 11) is 0. The van der Waals surface area contributed by atoms with Crippen LogP contribution in [0.25, 0.3) is 0 Å². The number of carbonyl (C=O) groups is 1. The monoisotopic (exact) mass is 283 g/mol. The van der Waals surface area contributed by atoms with E-state index in [4.69, 9.17) is 0 Å². The molecule has 2 N–H and O–H groups in total. The van der Waals surface area contributed by atoms with E-state index >= 15 is 0 Å². The second-order valence-electron chi connectivity index (χ2n) is 5.07. The summed E-state index contributed by atoms with van der Waals surface area (Å²) in [5.41, 5.74) is -0.149. The van der Waals surface area contributed by atoms with Crippen molar-refractivity contribution in [3.63, 3.8) is 0 Å². The molecule has 1 aromatic rings. The van der Waals surface area contributed by atoms with Crippen molar-refractivity contribution in [1.82, 2.24) is 5.32 Å². The molecule has 4 heteroatoms. The fraction of sp³-hybridized carbons (Fsp3) is 0.667. The van der Waals surface area contributed by atoms with E-state index in [1.54, 1.807) is 11.3 Å². The number of hydrogen-bond donors (Lipinski definition) is 2. The van der Waals surface area contributed by atoms with Gasteiger partial charge >= 0.3 is 0 Å². The minimum atomic E-state index is -0.149. The van der Waals surface area contributed by atoms with Gasteiger partial charge in [-0.1, -0.05) is 19.9 Å². The molecule has 19 heavy (non-hydrogen) atoms. The molecule has 0 spiro atoms. The molecular formula is C15H25NO2S. The molecule has 1 heterocycles. The van der Waals surface area contributed by atoms with Crippen LogP contribution in [0.5, 0.6) is 0 Å². The van der Waals surface area contributed by atoms with Crippen LogP contribution in [0, 0.1) is 5.41 Å². The van der Waals surface area contributed by atoms with Crippen LogP contribution in [0.4, 0.5) is 0 Å². The van der Waals surface area contributed by atoms with Crippen molar-refractivity contribution in [3.8, 4) is 0 Å². The first-order valence-corrected chi connectivity index (χ1v) is 7.93. The van der Waals surface area contributed by atoms with E-state index in [2.05, 4.69) is 30.6 Å². The van der Waals surface area contributed by atoms with Crippen molar-refractivity contribution in [2.24, 2.45) is 5.41 Å². The number of amides is 1. The summed E-state index contributed by atoms with van der Waals surface area (Å²) in [4.78, 5) is 13.1. The maximum Gasteiger partial charge on any atom is 0.220 e. The zero-order valence-electron chi connectivity index (χ0n) is 11.9. The first-order valence-electron chi connectivity index (χ1n) is 7.05. The lowest BCUT2D eigenvalue weighted by Gasteiger charge is -2.29. The summed E-state index contributed by atoms with van der Waals surface area (Å²) < 4.78 is 0. The molecule has 108 valence electrons. The summed E-state index contributed by atoms with van der Waals surface area (Å²) >= 11 is 1.74. The maximum absolute atomic E-state index is 11.8. The highest BCUT2D eigenvalue weighted by Crippen LogP contribution is 2.24. The first kappa shape index (κ1) is 16.2. The van der Waals surface area contributed by atoms with Gasteiger partial charge < -0.3 is 10.4 Å². The zero-order chi connectivity index (χ0) is 14.1. The van der Waals surface area contributed by atoms with Crippen LogP contribution in [0.3, 0.4) is 0 Å². The lowest BCUT2D eigenvalue weighted by molar-refractivity contribution is -0.121. The molecule has 1 amide bonds. The van der Waals surface area contributed by atoms with Crippen molar-refractivity contribution in [3.05, 3.63) is 22.4 Å². The molecule has 0 saturated carbocycles. The number of carbonyl (C=O) groups excluding carboxylic acids is 1. The Balaban J connectivity index is 2.23. The number of aryl methyl sites for hydroxylation is 1. The number of aliphatic hydroxyl groups excluding tert-OH is 1. The smallest absolute Gasteiger partial charge is 0.220 e. The molecule has 0 aromatic carbocycles. The van der Waals surface area contributed by atoms with Gasteiger partial charge in [0.25, 0.3) is 0 Å². The average Bonchev–Trinajstić information content (AvgIpc) is 2.94. The summed E-state index contributed by atoms with van der Waals surface area (Å²) in [5, 5.41) is 14.5. The third kappa shape index (κ3) is 5.33. The standard InChI is InChI=1S/C15H25NO2S/c1-3-15(4-2,12-17)11-16-14(18)9-5-7-13-8-6-10-19-13/h6,8,10,17H,3-5,7,9,11-12H2,1-2H3,(H,16,18). The van der Waals surface area contributed by atoms with Gasteiger partial charge in [-0.2, -0.15) is 0 Å². The van der Waals surface area contributed by atoms with Gasteiger partial charge in [-0.3, -0.25) is 4.79 Å². The molecular weight excluding hydrogens is 258 g/mol. The van der Waals surface area contributed by atoms with Gasteiger partial charge in [0.05, 0.1) is 6.61 Å². The fourth-order valence-electron chi connectivity index (χ4n) is 2.03. The molecule has 0 aliphatic heterocycles. The van der Waals surface area contributed by atoms with E-state index < -0.39 is 0 Å². The van der Waals surface area contributed by atoms with Gasteiger partial charge in [-0.05, 0) is 37.1 Å². The molecule has 0 fully saturated rings. The van der Waals surface area contributed by atoms with Gasteiger partial charge in [-0.15, -0.1) is 11.3 Å². The third-order valence-corrected chi connectivity index (χ3v) is 4.84. The highest BCUT2D eigenvalue weighted by molar-refractivity contribution is 7.09. The Morgan fingerprint density at radius 2 is 2.16 bits per heavy atom. The number of nitrogens with one attached hydrogen (secondary N) is 1. The topological polar surface area (TPSA) is 49.3 Å². The van der Waals surface area contributed by atoms with Crippen molar-refractivity contribution in [2.75, 3.05) is 13.2 Å². The Kier molecular flexibility index (Phi) is 7.10. The van der Waals surface area contributed by atoms with Gasteiger partial charge in [0.2, 0.25) is 5.91 Å². The highest BCUT2D eigenvalue weighted by atomic mass is 32.1. The quantitative estimate of drug-likeness (QED) is 0.732. The van der Waals surface area contributed by atoms with E-state index in [-0.39, 0.29) is 17.9 Å². The minimum absolute atomic E-state index is 0.0938. The molecule has 0 atom stereocenters. The molecule has 0 radical (unpaired) electrons. The first-order chi connectivity index (χ1) is 9.15. The molecule has 0 saturated heterocycles. The summed E-state index contributed by atoms with van der Waals surface area (Å²) in [6, 6.07) is 4.14. The van der Waals surface area contributed by atoms with Crippen LogP contribution in [-0.4, -0.2) is 24.2 Å². The Bertz CT molecular complexity index is 350. The van der Waals surface area contributed by atoms with Crippen LogP contribution in [0.2, 0.25) is 0 Å². The van der Waals surface area contributed by atoms with Gasteiger partial charge in [-0.25, -0.2) is 0 Å². The van der Waals surface area contributed by atoms with Crippen molar-refractivity contribution in [2.45, 2.75) is 46.0 Å². The van der Waals surface area contributed by atoms with Crippen LogP contribution in [-0.2, 0) is 11.2 Å². The second-order valence-corrected chi connectivity index (χ2v) is 6.11. The third-order valence-electron chi connectivity index (χ3n) is 3.90. The van der Waals surface area contributed by atoms with E-state index in [9.17, 15) is 9.90 Å². The van der Waals surface area contributed by atoms with Crippen LogP contribution >= 0.6 is 11.3 Å². The van der Waals surface area contributed by atoms with E-state index in [1.165, 1.54) is 4.88 Å². The van der Waals surface area contributed by atoms with Crippen molar-refractivity contribution < 1.29 is 9.90 Å². The molecule has 0 aliphatic rings. The summed E-state index contributed by atoms with van der Waals surface area (Å²) in [6.45, 7) is 4.83. The molecule has 0 bridgehead atoms. The minimum Gasteiger partial charge on any atom is -0.396 e. The lowest BCUT2D eigenvalue weighted by Crippen LogP contribution is -2.39. The Morgan fingerprint density at radius 3 is 2.68 bits per heavy atom. The van der Waals surface area contributed by atoms with Crippen LogP contribution < -0.4 is 5.32 Å². The Labute approximate surface area is 120 Å². The van der Waals surface area contributed by atoms with Crippen molar-refractivity contribution in [1.29, 1.82) is 0 Å². The SMILES string of the molecule is CCC(CC)(CO)CNC(=O)CCCc1cccs1. The fourth-order valence-corrected chi connectivity index (χ4v) is 2.78.